The molecule has 1 aliphatic heterocycles. The average molecular weight is 203 g/mol. The van der Waals surface area contributed by atoms with Gasteiger partial charge in [-0.25, -0.2) is 4.57 Å². The molecule has 1 aliphatic rings. The number of hydrogen-bond donors (Lipinski definition) is 1. The van der Waals surface area contributed by atoms with Gasteiger partial charge in [-0.15, -0.1) is 11.8 Å². The van der Waals surface area contributed by atoms with Crippen LogP contribution >= 0.6 is 20.4 Å². The monoisotopic (exact) mass is 203 g/mol. The Morgan fingerprint density at radius 1 is 1.73 bits per heavy atom. The molecule has 0 aromatic carbocycles. The Bertz CT molecular complexity index is 132. The van der Waals surface area contributed by atoms with Crippen molar-refractivity contribution in [1.82, 2.24) is 5.32 Å². The molecule has 6 heteroatoms. The van der Waals surface area contributed by atoms with Gasteiger partial charge in [0, 0.05) is 0 Å². The Kier molecular flexibility index (Phi) is 6.66. The first-order valence-electron chi connectivity index (χ1n) is 3.17. The first-order chi connectivity index (χ1) is 4.77. The van der Waals surface area contributed by atoms with Gasteiger partial charge < -0.3 is 0 Å². The van der Waals surface area contributed by atoms with Crippen molar-refractivity contribution >= 4 is 50.0 Å². The van der Waals surface area contributed by atoms with Gasteiger partial charge in [-0.1, -0.05) is 0 Å². The molecule has 3 nitrogen and oxygen atoms in total. The Morgan fingerprint density at radius 3 is 2.91 bits per heavy atom. The summed E-state index contributed by atoms with van der Waals surface area (Å²) in [6.45, 7) is 2.83. The van der Waals surface area contributed by atoms with Gasteiger partial charge in [0.1, 0.15) is 0 Å². The summed E-state index contributed by atoms with van der Waals surface area (Å²) in [5.41, 5.74) is 0. The molecule has 0 aliphatic carbocycles. The molecular formula is C5H11NNaO2PS. The molecule has 0 aromatic rings. The Balaban J connectivity index is 0.000001000. The quantitative estimate of drug-likeness (QED) is 0.536. The zero-order valence-electron chi connectivity index (χ0n) is 5.79. The Hall–Kier alpha value is 1.37. The van der Waals surface area contributed by atoms with E-state index in [1.165, 1.54) is 0 Å². The minimum absolute atomic E-state index is 0. The van der Waals surface area contributed by atoms with E-state index in [1.807, 2.05) is 6.92 Å². The fraction of sp³-hybridized carbons (Fsp3) is 1.00. The van der Waals surface area contributed by atoms with Gasteiger partial charge >= 0.3 is 38.2 Å². The maximum atomic E-state index is 10.1. The zero-order chi connectivity index (χ0) is 7.45. The molecule has 1 heterocycles. The first-order valence-corrected chi connectivity index (χ1v) is 4.88. The fourth-order valence-corrected chi connectivity index (χ4v) is 2.23. The van der Waals surface area contributed by atoms with Crippen LogP contribution in [0.1, 0.15) is 13.3 Å². The van der Waals surface area contributed by atoms with Crippen LogP contribution in [0.3, 0.4) is 0 Å². The van der Waals surface area contributed by atoms with E-state index in [9.17, 15) is 4.57 Å². The second-order valence-electron chi connectivity index (χ2n) is 2.24. The summed E-state index contributed by atoms with van der Waals surface area (Å²) in [6.07, 6.45) is 1.15. The maximum absolute atomic E-state index is 10.1. The Morgan fingerprint density at radius 2 is 2.45 bits per heavy atom. The third kappa shape index (κ3) is 4.23. The predicted octanol–water partition coefficient (Wildman–Crippen LogP) is 0.961. The second kappa shape index (κ2) is 5.92. The molecule has 0 saturated carbocycles. The summed E-state index contributed by atoms with van der Waals surface area (Å²) < 4.78 is 15.0. The van der Waals surface area contributed by atoms with E-state index in [2.05, 4.69) is 5.32 Å². The molecule has 0 radical (unpaired) electrons. The fourth-order valence-electron chi connectivity index (χ4n) is 0.835. The molecule has 0 amide bonds. The van der Waals surface area contributed by atoms with Crippen molar-refractivity contribution in [2.75, 3.05) is 12.3 Å². The van der Waals surface area contributed by atoms with E-state index in [0.717, 1.165) is 18.7 Å². The van der Waals surface area contributed by atoms with Crippen LogP contribution in [-0.2, 0) is 9.09 Å². The van der Waals surface area contributed by atoms with Crippen molar-refractivity contribution in [2.24, 2.45) is 0 Å². The number of rotatable bonds is 2. The summed E-state index contributed by atoms with van der Waals surface area (Å²) in [7, 11) is -0.250. The third-order valence-electron chi connectivity index (χ3n) is 1.36. The van der Waals surface area contributed by atoms with E-state index in [1.54, 1.807) is 11.8 Å². The van der Waals surface area contributed by atoms with Crippen molar-refractivity contribution in [1.29, 1.82) is 0 Å². The van der Waals surface area contributed by atoms with Crippen molar-refractivity contribution in [3.8, 4) is 0 Å². The second-order valence-corrected chi connectivity index (χ2v) is 4.05. The minimum atomic E-state index is -0.429. The van der Waals surface area contributed by atoms with Crippen LogP contribution in [0.2, 0.25) is 0 Å². The van der Waals surface area contributed by atoms with Crippen molar-refractivity contribution in [3.05, 3.63) is 0 Å². The van der Waals surface area contributed by atoms with Crippen LogP contribution in [0.15, 0.2) is 0 Å². The Labute approximate surface area is 94.6 Å². The van der Waals surface area contributed by atoms with Crippen molar-refractivity contribution in [2.45, 2.75) is 18.4 Å². The summed E-state index contributed by atoms with van der Waals surface area (Å²) in [6, 6.07) is 0. The van der Waals surface area contributed by atoms with Crippen LogP contribution in [0.4, 0.5) is 0 Å². The molecule has 1 rings (SSSR count). The average Bonchev–Trinajstić information content (AvgIpc) is 1.89. The van der Waals surface area contributed by atoms with Crippen LogP contribution < -0.4 is 5.32 Å². The standard InChI is InChI=1S/C5H10NO2PS.Na.H/c1-5(8-9-7)6-3-2-4-10-5;;/h6H,2-4H2,1H3;;. The summed E-state index contributed by atoms with van der Waals surface area (Å²) in [4.78, 5) is 0. The topological polar surface area (TPSA) is 38.3 Å². The number of nitrogens with one attached hydrogen (secondary N) is 1. The van der Waals surface area contributed by atoms with Crippen LogP contribution in [0.5, 0.6) is 0 Å². The molecule has 11 heavy (non-hydrogen) atoms. The van der Waals surface area contributed by atoms with Gasteiger partial charge in [-0.3, -0.25) is 9.84 Å². The van der Waals surface area contributed by atoms with Gasteiger partial charge in [0.15, 0.2) is 5.06 Å². The van der Waals surface area contributed by atoms with Crippen LogP contribution in [-0.4, -0.2) is 46.9 Å². The van der Waals surface area contributed by atoms with E-state index >= 15 is 0 Å². The SMILES string of the molecule is CC1(OP=O)NCCCS1.[NaH]. The number of thioether (sulfide) groups is 1. The zero-order valence-corrected chi connectivity index (χ0v) is 7.50. The third-order valence-corrected chi connectivity index (χ3v) is 3.19. The molecule has 1 atom stereocenters. The van der Waals surface area contributed by atoms with Crippen molar-refractivity contribution in [3.63, 3.8) is 0 Å². The molecule has 1 unspecified atom stereocenters. The van der Waals surface area contributed by atoms with Crippen LogP contribution in [0.25, 0.3) is 0 Å². The molecule has 0 spiro atoms. The molecule has 60 valence electrons. The van der Waals surface area contributed by atoms with E-state index in [0.29, 0.717) is 0 Å². The number of hydrogen-bond acceptors (Lipinski definition) is 4. The first kappa shape index (κ1) is 12.4. The molecule has 1 saturated heterocycles. The molecule has 0 aromatic heterocycles. The molecular weight excluding hydrogens is 192 g/mol. The van der Waals surface area contributed by atoms with Gasteiger partial charge in [-0.05, 0) is 25.6 Å². The van der Waals surface area contributed by atoms with Crippen molar-refractivity contribution < 1.29 is 9.09 Å². The molecule has 0 bridgehead atoms. The molecule has 1 fully saturated rings. The van der Waals surface area contributed by atoms with Gasteiger partial charge in [0.2, 0.25) is 0 Å². The van der Waals surface area contributed by atoms with Gasteiger partial charge in [-0.2, -0.15) is 0 Å². The normalized spacial score (nSPS) is 31.4. The summed E-state index contributed by atoms with van der Waals surface area (Å²) in [5.74, 6) is 1.07. The summed E-state index contributed by atoms with van der Waals surface area (Å²) in [5, 5.41) is 2.70. The van der Waals surface area contributed by atoms with E-state index < -0.39 is 5.06 Å². The van der Waals surface area contributed by atoms with Gasteiger partial charge in [0.05, 0.1) is 0 Å². The van der Waals surface area contributed by atoms with Gasteiger partial charge in [0.25, 0.3) is 0 Å². The van der Waals surface area contributed by atoms with E-state index in [-0.39, 0.29) is 38.2 Å². The summed E-state index contributed by atoms with van der Waals surface area (Å²) >= 11 is 1.65. The molecule has 1 N–H and O–H groups in total. The van der Waals surface area contributed by atoms with Crippen LogP contribution in [0, 0.1) is 0 Å². The van der Waals surface area contributed by atoms with E-state index in [4.69, 9.17) is 4.52 Å². The predicted molar refractivity (Wildman–Crippen MR) is 49.3 cm³/mol.